The second kappa shape index (κ2) is 6.20. The molecule has 2 aromatic rings. The van der Waals surface area contributed by atoms with E-state index in [0.29, 0.717) is 6.54 Å². The van der Waals surface area contributed by atoms with Gasteiger partial charge in [0.05, 0.1) is 5.75 Å². The molecule has 0 atom stereocenters. The Morgan fingerprint density at radius 2 is 1.70 bits per heavy atom. The summed E-state index contributed by atoms with van der Waals surface area (Å²) in [6, 6.07) is 15.2. The van der Waals surface area contributed by atoms with Crippen molar-refractivity contribution < 1.29 is 8.42 Å². The normalized spacial score (nSPS) is 11.5. The van der Waals surface area contributed by atoms with Crippen LogP contribution in [-0.4, -0.2) is 8.42 Å². The predicted octanol–water partition coefficient (Wildman–Crippen LogP) is 2.92. The van der Waals surface area contributed by atoms with E-state index < -0.39 is 10.0 Å². The Hall–Kier alpha value is -1.65. The Kier molecular flexibility index (Phi) is 4.57. The molecule has 0 aliphatic rings. The molecule has 0 saturated heterocycles. The summed E-state index contributed by atoms with van der Waals surface area (Å²) >= 11 is 0. The average Bonchev–Trinajstić information content (AvgIpc) is 2.38. The van der Waals surface area contributed by atoms with Crippen molar-refractivity contribution in [2.45, 2.75) is 26.1 Å². The van der Waals surface area contributed by atoms with Gasteiger partial charge in [0.2, 0.25) is 10.0 Å². The maximum absolute atomic E-state index is 12.0. The van der Waals surface area contributed by atoms with Gasteiger partial charge in [-0.15, -0.1) is 0 Å². The smallest absolute Gasteiger partial charge is 0.212 e. The molecule has 0 radical (unpaired) electrons. The fraction of sp³-hybridized carbons (Fsp3) is 0.250. The monoisotopic (exact) mass is 289 g/mol. The maximum Gasteiger partial charge on any atom is 0.216 e. The van der Waals surface area contributed by atoms with Gasteiger partial charge in [-0.25, -0.2) is 13.1 Å². The standard InChI is InChI=1S/C16H19NO2S/c1-13-8-9-16(14(2)10-13)11-17-20(18,19)12-15-6-4-3-5-7-15/h3-10,17H,11-12H2,1-2H3. The topological polar surface area (TPSA) is 46.2 Å². The van der Waals surface area contributed by atoms with Gasteiger partial charge < -0.3 is 0 Å². The molecule has 0 bridgehead atoms. The van der Waals surface area contributed by atoms with Crippen LogP contribution in [0.25, 0.3) is 0 Å². The molecular weight excluding hydrogens is 270 g/mol. The lowest BCUT2D eigenvalue weighted by Crippen LogP contribution is -2.25. The number of nitrogens with one attached hydrogen (secondary N) is 1. The summed E-state index contributed by atoms with van der Waals surface area (Å²) in [6.45, 7) is 4.35. The van der Waals surface area contributed by atoms with Gasteiger partial charge in [0.25, 0.3) is 0 Å². The first kappa shape index (κ1) is 14.8. The highest BCUT2D eigenvalue weighted by molar-refractivity contribution is 7.88. The van der Waals surface area contributed by atoms with E-state index in [1.54, 1.807) is 0 Å². The van der Waals surface area contributed by atoms with E-state index in [0.717, 1.165) is 16.7 Å². The second-order valence-corrected chi connectivity index (χ2v) is 6.80. The van der Waals surface area contributed by atoms with Crippen molar-refractivity contribution in [3.8, 4) is 0 Å². The van der Waals surface area contributed by atoms with Crippen LogP contribution in [0.3, 0.4) is 0 Å². The first-order valence-electron chi connectivity index (χ1n) is 6.54. The number of sulfonamides is 1. The molecule has 106 valence electrons. The number of benzene rings is 2. The Bertz CT molecular complexity index is 679. The van der Waals surface area contributed by atoms with Gasteiger partial charge >= 0.3 is 0 Å². The van der Waals surface area contributed by atoms with Crippen molar-refractivity contribution in [1.29, 1.82) is 0 Å². The van der Waals surface area contributed by atoms with Crippen LogP contribution >= 0.6 is 0 Å². The van der Waals surface area contributed by atoms with Crippen LogP contribution in [0.1, 0.15) is 22.3 Å². The molecule has 0 fully saturated rings. The number of aryl methyl sites for hydroxylation is 2. The average molecular weight is 289 g/mol. The van der Waals surface area contributed by atoms with Gasteiger partial charge in [-0.1, -0.05) is 54.1 Å². The zero-order valence-electron chi connectivity index (χ0n) is 11.8. The molecule has 0 aliphatic carbocycles. The Morgan fingerprint density at radius 1 is 1.00 bits per heavy atom. The van der Waals surface area contributed by atoms with Gasteiger partial charge in [-0.3, -0.25) is 0 Å². The minimum atomic E-state index is -3.31. The zero-order chi connectivity index (χ0) is 14.6. The van der Waals surface area contributed by atoms with Gasteiger partial charge in [0.1, 0.15) is 0 Å². The maximum atomic E-state index is 12.0. The van der Waals surface area contributed by atoms with Gasteiger partial charge in [0.15, 0.2) is 0 Å². The number of hydrogen-bond donors (Lipinski definition) is 1. The summed E-state index contributed by atoms with van der Waals surface area (Å²) in [5, 5.41) is 0. The van der Waals surface area contributed by atoms with Crippen molar-refractivity contribution in [3.63, 3.8) is 0 Å². The quantitative estimate of drug-likeness (QED) is 0.920. The van der Waals surface area contributed by atoms with Gasteiger partial charge in [-0.05, 0) is 30.5 Å². The molecule has 0 unspecified atom stereocenters. The minimum Gasteiger partial charge on any atom is -0.212 e. The van der Waals surface area contributed by atoms with Crippen LogP contribution in [0.4, 0.5) is 0 Å². The minimum absolute atomic E-state index is 0.0126. The van der Waals surface area contributed by atoms with E-state index in [-0.39, 0.29) is 5.75 Å². The summed E-state index contributed by atoms with van der Waals surface area (Å²) in [4.78, 5) is 0. The van der Waals surface area contributed by atoms with Crippen molar-refractivity contribution >= 4 is 10.0 Å². The Morgan fingerprint density at radius 3 is 2.35 bits per heavy atom. The van der Waals surface area contributed by atoms with Crippen LogP contribution in [0.5, 0.6) is 0 Å². The molecule has 0 saturated carbocycles. The molecule has 0 amide bonds. The first-order chi connectivity index (χ1) is 9.46. The molecule has 2 aromatic carbocycles. The number of rotatable bonds is 5. The summed E-state index contributed by atoms with van der Waals surface area (Å²) in [7, 11) is -3.31. The van der Waals surface area contributed by atoms with Gasteiger partial charge in [0, 0.05) is 6.54 Å². The third-order valence-corrected chi connectivity index (χ3v) is 4.48. The summed E-state index contributed by atoms with van der Waals surface area (Å²) in [5.41, 5.74) is 4.08. The Labute approximate surface area is 120 Å². The van der Waals surface area contributed by atoms with Crippen molar-refractivity contribution in [3.05, 3.63) is 70.8 Å². The van der Waals surface area contributed by atoms with E-state index >= 15 is 0 Å². The Balaban J connectivity index is 2.02. The van der Waals surface area contributed by atoms with Crippen LogP contribution in [0.2, 0.25) is 0 Å². The molecule has 3 nitrogen and oxygen atoms in total. The molecular formula is C16H19NO2S. The van der Waals surface area contributed by atoms with Crippen LogP contribution in [0.15, 0.2) is 48.5 Å². The molecule has 0 aliphatic heterocycles. The van der Waals surface area contributed by atoms with E-state index in [2.05, 4.69) is 10.8 Å². The van der Waals surface area contributed by atoms with Gasteiger partial charge in [-0.2, -0.15) is 0 Å². The van der Waals surface area contributed by atoms with E-state index in [9.17, 15) is 8.42 Å². The lowest BCUT2D eigenvalue weighted by Gasteiger charge is -2.09. The van der Waals surface area contributed by atoms with Crippen LogP contribution in [0, 0.1) is 13.8 Å². The number of hydrogen-bond acceptors (Lipinski definition) is 2. The molecule has 20 heavy (non-hydrogen) atoms. The lowest BCUT2D eigenvalue weighted by atomic mass is 10.1. The summed E-state index contributed by atoms with van der Waals surface area (Å²) in [5.74, 6) is 0.0126. The van der Waals surface area contributed by atoms with Crippen LogP contribution < -0.4 is 4.72 Å². The van der Waals surface area contributed by atoms with Crippen LogP contribution in [-0.2, 0) is 22.3 Å². The van der Waals surface area contributed by atoms with E-state index in [1.165, 1.54) is 5.56 Å². The van der Waals surface area contributed by atoms with Crippen molar-refractivity contribution in [2.75, 3.05) is 0 Å². The lowest BCUT2D eigenvalue weighted by molar-refractivity contribution is 0.580. The summed E-state index contributed by atoms with van der Waals surface area (Å²) < 4.78 is 26.7. The molecule has 2 rings (SSSR count). The molecule has 4 heteroatoms. The van der Waals surface area contributed by atoms with Crippen molar-refractivity contribution in [2.24, 2.45) is 0 Å². The van der Waals surface area contributed by atoms with E-state index in [4.69, 9.17) is 0 Å². The highest BCUT2D eigenvalue weighted by atomic mass is 32.2. The molecule has 0 aromatic heterocycles. The molecule has 0 spiro atoms. The fourth-order valence-electron chi connectivity index (χ4n) is 2.08. The summed E-state index contributed by atoms with van der Waals surface area (Å²) in [6.07, 6.45) is 0. The first-order valence-corrected chi connectivity index (χ1v) is 8.19. The largest absolute Gasteiger partial charge is 0.216 e. The second-order valence-electron chi connectivity index (χ2n) is 5.00. The highest BCUT2D eigenvalue weighted by Crippen LogP contribution is 2.11. The molecule has 1 N–H and O–H groups in total. The van der Waals surface area contributed by atoms with Crippen molar-refractivity contribution in [1.82, 2.24) is 4.72 Å². The zero-order valence-corrected chi connectivity index (χ0v) is 12.6. The third kappa shape index (κ3) is 4.18. The predicted molar refractivity (Wildman–Crippen MR) is 81.8 cm³/mol. The highest BCUT2D eigenvalue weighted by Gasteiger charge is 2.11. The van der Waals surface area contributed by atoms with E-state index in [1.807, 2.05) is 56.3 Å². The fourth-order valence-corrected chi connectivity index (χ4v) is 3.19. The SMILES string of the molecule is Cc1ccc(CNS(=O)(=O)Cc2ccccc2)c(C)c1. The molecule has 0 heterocycles. The third-order valence-electron chi connectivity index (χ3n) is 3.18.